The molecule has 0 saturated carbocycles. The summed E-state index contributed by atoms with van der Waals surface area (Å²) in [6.07, 6.45) is 0. The van der Waals surface area contributed by atoms with Crippen LogP contribution < -0.4 is 10.1 Å². The molecule has 0 unspecified atom stereocenters. The molecule has 0 aliphatic carbocycles. The van der Waals surface area contributed by atoms with Crippen LogP contribution in [0.3, 0.4) is 0 Å². The molecule has 0 radical (unpaired) electrons. The Hall–Kier alpha value is -2.00. The molecule has 122 valence electrons. The minimum atomic E-state index is -0.172. The molecule has 0 atom stereocenters. The third kappa shape index (κ3) is 4.26. The lowest BCUT2D eigenvalue weighted by Crippen LogP contribution is -2.21. The molecule has 1 N–H and O–H groups in total. The van der Waals surface area contributed by atoms with Gasteiger partial charge in [-0.1, -0.05) is 29.3 Å². The van der Waals surface area contributed by atoms with Gasteiger partial charge in [-0.05, 0) is 69.0 Å². The summed E-state index contributed by atoms with van der Waals surface area (Å²) >= 11 is 6.00. The van der Waals surface area contributed by atoms with Crippen molar-refractivity contribution in [2.75, 3.05) is 11.9 Å². The van der Waals surface area contributed by atoms with E-state index in [1.54, 1.807) is 0 Å². The normalized spacial score (nSPS) is 10.5. The molecular weight excluding hydrogens is 310 g/mol. The van der Waals surface area contributed by atoms with Crippen molar-refractivity contribution in [3.8, 4) is 5.75 Å². The first kappa shape index (κ1) is 17.4. The minimum Gasteiger partial charge on any atom is -0.483 e. The van der Waals surface area contributed by atoms with Crippen LogP contribution in [0, 0.1) is 34.6 Å². The Morgan fingerprint density at radius 1 is 0.957 bits per heavy atom. The van der Waals surface area contributed by atoms with E-state index < -0.39 is 0 Å². The average molecular weight is 332 g/mol. The molecule has 0 fully saturated rings. The van der Waals surface area contributed by atoms with E-state index in [-0.39, 0.29) is 12.5 Å². The lowest BCUT2D eigenvalue weighted by Gasteiger charge is -2.15. The zero-order valence-corrected chi connectivity index (χ0v) is 15.0. The Balaban J connectivity index is 2.07. The maximum absolute atomic E-state index is 12.2. The number of carbonyl (C=O) groups is 1. The van der Waals surface area contributed by atoms with Crippen LogP contribution in [0.25, 0.3) is 0 Å². The van der Waals surface area contributed by atoms with Crippen LogP contribution >= 0.6 is 11.6 Å². The van der Waals surface area contributed by atoms with Gasteiger partial charge < -0.3 is 10.1 Å². The van der Waals surface area contributed by atoms with Crippen LogP contribution in [-0.4, -0.2) is 12.5 Å². The van der Waals surface area contributed by atoms with Gasteiger partial charge in [-0.2, -0.15) is 0 Å². The van der Waals surface area contributed by atoms with Crippen molar-refractivity contribution in [2.24, 2.45) is 0 Å². The lowest BCUT2D eigenvalue weighted by molar-refractivity contribution is -0.118. The van der Waals surface area contributed by atoms with E-state index in [4.69, 9.17) is 16.3 Å². The number of halogens is 1. The van der Waals surface area contributed by atoms with Crippen molar-refractivity contribution in [3.05, 3.63) is 57.1 Å². The highest BCUT2D eigenvalue weighted by Crippen LogP contribution is 2.27. The maximum atomic E-state index is 12.2. The monoisotopic (exact) mass is 331 g/mol. The molecule has 0 bridgehead atoms. The van der Waals surface area contributed by atoms with E-state index in [0.29, 0.717) is 10.8 Å². The Kier molecular flexibility index (Phi) is 5.32. The van der Waals surface area contributed by atoms with E-state index in [0.717, 1.165) is 27.9 Å². The summed E-state index contributed by atoms with van der Waals surface area (Å²) in [5.74, 6) is 0.538. The van der Waals surface area contributed by atoms with E-state index in [1.165, 1.54) is 5.56 Å². The van der Waals surface area contributed by atoms with Crippen LogP contribution in [0.15, 0.2) is 24.3 Å². The quantitative estimate of drug-likeness (QED) is 0.865. The fraction of sp³-hybridized carbons (Fsp3) is 0.316. The maximum Gasteiger partial charge on any atom is 0.262 e. The van der Waals surface area contributed by atoms with Gasteiger partial charge in [-0.15, -0.1) is 0 Å². The third-order valence-electron chi connectivity index (χ3n) is 3.71. The van der Waals surface area contributed by atoms with Crippen molar-refractivity contribution in [3.63, 3.8) is 0 Å². The van der Waals surface area contributed by atoms with Gasteiger partial charge in [-0.3, -0.25) is 4.79 Å². The molecule has 23 heavy (non-hydrogen) atoms. The van der Waals surface area contributed by atoms with Gasteiger partial charge >= 0.3 is 0 Å². The van der Waals surface area contributed by atoms with Gasteiger partial charge in [0.15, 0.2) is 6.61 Å². The van der Waals surface area contributed by atoms with Gasteiger partial charge in [0.25, 0.3) is 5.91 Å². The predicted molar refractivity (Wildman–Crippen MR) is 95.7 cm³/mol. The molecule has 2 aromatic rings. The second-order valence-corrected chi connectivity index (χ2v) is 6.42. The number of hydrogen-bond donors (Lipinski definition) is 1. The highest BCUT2D eigenvalue weighted by atomic mass is 35.5. The summed E-state index contributed by atoms with van der Waals surface area (Å²) in [6.45, 7) is 9.82. The van der Waals surface area contributed by atoms with Gasteiger partial charge in [0, 0.05) is 10.7 Å². The summed E-state index contributed by atoms with van der Waals surface area (Å²) < 4.78 is 5.69. The Bertz CT molecular complexity index is 707. The summed E-state index contributed by atoms with van der Waals surface area (Å²) in [4.78, 5) is 12.2. The average Bonchev–Trinajstić information content (AvgIpc) is 2.41. The highest BCUT2D eigenvalue weighted by molar-refractivity contribution is 6.30. The van der Waals surface area contributed by atoms with E-state index in [9.17, 15) is 4.79 Å². The summed E-state index contributed by atoms with van der Waals surface area (Å²) in [7, 11) is 0. The zero-order chi connectivity index (χ0) is 17.1. The van der Waals surface area contributed by atoms with Crippen molar-refractivity contribution < 1.29 is 9.53 Å². The Labute approximate surface area is 142 Å². The second kappa shape index (κ2) is 7.05. The predicted octanol–water partition coefficient (Wildman–Crippen LogP) is 4.90. The number of rotatable bonds is 4. The van der Waals surface area contributed by atoms with Crippen LogP contribution in [0.5, 0.6) is 5.75 Å². The number of ether oxygens (including phenoxy) is 1. The second-order valence-electron chi connectivity index (χ2n) is 5.98. The largest absolute Gasteiger partial charge is 0.483 e. The van der Waals surface area contributed by atoms with Crippen LogP contribution in [0.2, 0.25) is 5.02 Å². The molecule has 0 heterocycles. The molecule has 0 saturated heterocycles. The first-order valence-electron chi connectivity index (χ1n) is 7.55. The Morgan fingerprint density at radius 2 is 1.48 bits per heavy atom. The molecule has 0 aliphatic rings. The number of hydrogen-bond acceptors (Lipinski definition) is 2. The number of amides is 1. The first-order chi connectivity index (χ1) is 10.8. The molecule has 2 rings (SSSR count). The number of aryl methyl sites for hydroxylation is 5. The van der Waals surface area contributed by atoms with Gasteiger partial charge in [0.05, 0.1) is 0 Å². The molecule has 0 spiro atoms. The standard InChI is InChI=1S/C19H22ClNO2/c1-11-6-12(2)18(13(3)7-11)21-17(22)10-23-19-14(4)8-16(20)9-15(19)5/h6-9H,10H2,1-5H3,(H,21,22). The minimum absolute atomic E-state index is 0.0317. The fourth-order valence-corrected chi connectivity index (χ4v) is 3.14. The molecule has 4 heteroatoms. The van der Waals surface area contributed by atoms with Crippen LogP contribution in [-0.2, 0) is 4.79 Å². The molecule has 3 nitrogen and oxygen atoms in total. The fourth-order valence-electron chi connectivity index (χ4n) is 2.82. The molecular formula is C19H22ClNO2. The van der Waals surface area contributed by atoms with Crippen LogP contribution in [0.1, 0.15) is 27.8 Å². The van der Waals surface area contributed by atoms with E-state index in [1.807, 2.05) is 46.8 Å². The molecule has 2 aromatic carbocycles. The number of carbonyl (C=O) groups excluding carboxylic acids is 1. The number of nitrogens with one attached hydrogen (secondary N) is 1. The topological polar surface area (TPSA) is 38.3 Å². The molecule has 0 aliphatic heterocycles. The zero-order valence-electron chi connectivity index (χ0n) is 14.2. The highest BCUT2D eigenvalue weighted by Gasteiger charge is 2.11. The number of anilines is 1. The molecule has 1 amide bonds. The SMILES string of the molecule is Cc1cc(C)c(NC(=O)COc2c(C)cc(Cl)cc2C)c(C)c1. The summed E-state index contributed by atoms with van der Waals surface area (Å²) in [6, 6.07) is 7.76. The summed E-state index contributed by atoms with van der Waals surface area (Å²) in [5.41, 5.74) is 5.98. The lowest BCUT2D eigenvalue weighted by atomic mass is 10.1. The van der Waals surface area contributed by atoms with Gasteiger partial charge in [-0.25, -0.2) is 0 Å². The smallest absolute Gasteiger partial charge is 0.262 e. The summed E-state index contributed by atoms with van der Waals surface area (Å²) in [5, 5.41) is 3.61. The van der Waals surface area contributed by atoms with Gasteiger partial charge in [0.1, 0.15) is 5.75 Å². The number of benzene rings is 2. The van der Waals surface area contributed by atoms with Crippen LogP contribution in [0.4, 0.5) is 5.69 Å². The Morgan fingerprint density at radius 3 is 2.00 bits per heavy atom. The van der Waals surface area contributed by atoms with Gasteiger partial charge in [0.2, 0.25) is 0 Å². The van der Waals surface area contributed by atoms with Crippen molar-refractivity contribution in [2.45, 2.75) is 34.6 Å². The molecule has 0 aromatic heterocycles. The third-order valence-corrected chi connectivity index (χ3v) is 3.93. The van der Waals surface area contributed by atoms with E-state index in [2.05, 4.69) is 17.4 Å². The van der Waals surface area contributed by atoms with Crippen molar-refractivity contribution >= 4 is 23.2 Å². The van der Waals surface area contributed by atoms with E-state index >= 15 is 0 Å². The van der Waals surface area contributed by atoms with Crippen molar-refractivity contribution in [1.29, 1.82) is 0 Å². The van der Waals surface area contributed by atoms with Crippen molar-refractivity contribution in [1.82, 2.24) is 0 Å². The first-order valence-corrected chi connectivity index (χ1v) is 7.93.